The van der Waals surface area contributed by atoms with E-state index in [1.165, 1.54) is 0 Å². The zero-order chi connectivity index (χ0) is 16.5. The molecule has 0 saturated heterocycles. The van der Waals surface area contributed by atoms with Crippen molar-refractivity contribution in [3.05, 3.63) is 30.0 Å². The Labute approximate surface area is 127 Å². The zero-order valence-electron chi connectivity index (χ0n) is 12.7. The van der Waals surface area contributed by atoms with E-state index >= 15 is 0 Å². The summed E-state index contributed by atoms with van der Waals surface area (Å²) in [6.07, 6.45) is -0.579. The Hall–Kier alpha value is -2.41. The number of benzene rings is 1. The van der Waals surface area contributed by atoms with Gasteiger partial charge in [0.2, 0.25) is 0 Å². The van der Waals surface area contributed by atoms with E-state index in [4.69, 9.17) is 15.6 Å². The van der Waals surface area contributed by atoms with Gasteiger partial charge < -0.3 is 15.6 Å². The second-order valence-electron chi connectivity index (χ2n) is 6.00. The predicted octanol–water partition coefficient (Wildman–Crippen LogP) is 1.77. The Morgan fingerprint density at radius 3 is 2.59 bits per heavy atom. The zero-order valence-corrected chi connectivity index (χ0v) is 12.7. The van der Waals surface area contributed by atoms with Gasteiger partial charge in [0.1, 0.15) is 11.6 Å². The minimum absolute atomic E-state index is 0.0334. The summed E-state index contributed by atoms with van der Waals surface area (Å²) < 4.78 is 6.45. The molecular weight excluding hydrogens is 286 g/mol. The first-order chi connectivity index (χ1) is 10.2. The van der Waals surface area contributed by atoms with E-state index in [1.807, 2.05) is 0 Å². The van der Waals surface area contributed by atoms with E-state index in [0.29, 0.717) is 16.6 Å². The Balaban J connectivity index is 2.44. The molecule has 0 radical (unpaired) electrons. The molecule has 1 heterocycles. The standard InChI is InChI=1S/C15H19N3O4/c1-15(2,3)22-14(21)18-12-7-5-4-6-9(12)11(17-18)8-10(16)13(19)20/h4-7,10H,8,16H2,1-3H3,(H,19,20)/t10-/m0/s1. The smallest absolute Gasteiger partial charge is 0.435 e. The molecule has 0 bridgehead atoms. The van der Waals surface area contributed by atoms with Crippen LogP contribution in [0.15, 0.2) is 24.3 Å². The monoisotopic (exact) mass is 305 g/mol. The Kier molecular flexibility index (Phi) is 4.18. The summed E-state index contributed by atoms with van der Waals surface area (Å²) in [5.41, 5.74) is 5.93. The summed E-state index contributed by atoms with van der Waals surface area (Å²) in [4.78, 5) is 23.2. The van der Waals surface area contributed by atoms with Crippen LogP contribution in [0.4, 0.5) is 4.79 Å². The van der Waals surface area contributed by atoms with Gasteiger partial charge in [-0.05, 0) is 26.8 Å². The highest BCUT2D eigenvalue weighted by atomic mass is 16.6. The Bertz CT molecular complexity index is 715. The number of hydrogen-bond donors (Lipinski definition) is 2. The lowest BCUT2D eigenvalue weighted by Crippen LogP contribution is -2.32. The van der Waals surface area contributed by atoms with Crippen molar-refractivity contribution in [2.24, 2.45) is 5.73 Å². The highest BCUT2D eigenvalue weighted by Crippen LogP contribution is 2.21. The number of ether oxygens (including phenoxy) is 1. The highest BCUT2D eigenvalue weighted by molar-refractivity contribution is 5.90. The number of aromatic nitrogens is 2. The van der Waals surface area contributed by atoms with Crippen LogP contribution in [0.25, 0.3) is 10.9 Å². The van der Waals surface area contributed by atoms with E-state index in [0.717, 1.165) is 4.68 Å². The summed E-state index contributed by atoms with van der Waals surface area (Å²) in [6.45, 7) is 5.29. The van der Waals surface area contributed by atoms with Gasteiger partial charge in [0, 0.05) is 11.8 Å². The van der Waals surface area contributed by atoms with Crippen molar-refractivity contribution in [1.29, 1.82) is 0 Å². The fourth-order valence-electron chi connectivity index (χ4n) is 2.02. The van der Waals surface area contributed by atoms with Gasteiger partial charge in [0.05, 0.1) is 11.2 Å². The molecule has 2 aromatic rings. The van der Waals surface area contributed by atoms with E-state index in [1.54, 1.807) is 45.0 Å². The lowest BCUT2D eigenvalue weighted by molar-refractivity contribution is -0.138. The van der Waals surface area contributed by atoms with Crippen LogP contribution in [0.2, 0.25) is 0 Å². The van der Waals surface area contributed by atoms with Crippen molar-refractivity contribution in [3.63, 3.8) is 0 Å². The van der Waals surface area contributed by atoms with Gasteiger partial charge in [-0.2, -0.15) is 9.78 Å². The molecule has 0 fully saturated rings. The van der Waals surface area contributed by atoms with Crippen LogP contribution in [0.5, 0.6) is 0 Å². The average Bonchev–Trinajstić information content (AvgIpc) is 2.76. The summed E-state index contributed by atoms with van der Waals surface area (Å²) in [5, 5.41) is 13.8. The molecular formula is C15H19N3O4. The first kappa shape index (κ1) is 16.0. The van der Waals surface area contributed by atoms with Gasteiger partial charge in [-0.25, -0.2) is 4.79 Å². The van der Waals surface area contributed by atoms with Crippen LogP contribution in [-0.4, -0.2) is 38.6 Å². The molecule has 3 N–H and O–H groups in total. The quantitative estimate of drug-likeness (QED) is 0.895. The minimum Gasteiger partial charge on any atom is -0.480 e. The third-order valence-electron chi connectivity index (χ3n) is 2.96. The molecule has 22 heavy (non-hydrogen) atoms. The lowest BCUT2D eigenvalue weighted by atomic mass is 10.1. The molecule has 0 saturated carbocycles. The van der Waals surface area contributed by atoms with E-state index in [2.05, 4.69) is 5.10 Å². The van der Waals surface area contributed by atoms with Crippen molar-refractivity contribution in [3.8, 4) is 0 Å². The molecule has 0 aliphatic rings. The number of aliphatic carboxylic acids is 1. The second kappa shape index (κ2) is 5.76. The second-order valence-corrected chi connectivity index (χ2v) is 6.00. The third kappa shape index (κ3) is 3.43. The number of fused-ring (bicyclic) bond motifs is 1. The van der Waals surface area contributed by atoms with Crippen molar-refractivity contribution >= 4 is 23.0 Å². The molecule has 1 aromatic carbocycles. The number of para-hydroxylation sites is 1. The summed E-state index contributed by atoms with van der Waals surface area (Å²) >= 11 is 0. The maximum atomic E-state index is 12.2. The maximum absolute atomic E-state index is 12.2. The SMILES string of the molecule is CC(C)(C)OC(=O)n1nc(C[C@H](N)C(=O)O)c2ccccc21. The number of carboxylic acids is 1. The first-order valence-electron chi connectivity index (χ1n) is 6.87. The molecule has 118 valence electrons. The van der Waals surface area contributed by atoms with Gasteiger partial charge in [-0.1, -0.05) is 18.2 Å². The molecule has 0 spiro atoms. The van der Waals surface area contributed by atoms with Crippen LogP contribution in [0, 0.1) is 0 Å². The first-order valence-corrected chi connectivity index (χ1v) is 6.87. The number of carboxylic acid groups (broad SMARTS) is 1. The third-order valence-corrected chi connectivity index (χ3v) is 2.96. The number of carbonyl (C=O) groups excluding carboxylic acids is 1. The van der Waals surface area contributed by atoms with Crippen molar-refractivity contribution < 1.29 is 19.4 Å². The molecule has 0 amide bonds. The molecule has 0 unspecified atom stereocenters. The lowest BCUT2D eigenvalue weighted by Gasteiger charge is -2.19. The fraction of sp³-hybridized carbons (Fsp3) is 0.400. The van der Waals surface area contributed by atoms with Gasteiger partial charge >= 0.3 is 12.1 Å². The summed E-state index contributed by atoms with van der Waals surface area (Å²) in [6, 6.07) is 5.98. The van der Waals surface area contributed by atoms with Crippen molar-refractivity contribution in [2.45, 2.75) is 38.8 Å². The number of carbonyl (C=O) groups is 2. The Morgan fingerprint density at radius 1 is 1.36 bits per heavy atom. The largest absolute Gasteiger partial charge is 0.480 e. The number of hydrogen-bond acceptors (Lipinski definition) is 5. The summed E-state index contributed by atoms with van der Waals surface area (Å²) in [7, 11) is 0. The van der Waals surface area contributed by atoms with Crippen molar-refractivity contribution in [1.82, 2.24) is 9.78 Å². The number of rotatable bonds is 3. The van der Waals surface area contributed by atoms with Gasteiger partial charge in [-0.15, -0.1) is 0 Å². The fourth-order valence-corrected chi connectivity index (χ4v) is 2.02. The maximum Gasteiger partial charge on any atom is 0.435 e. The molecule has 7 nitrogen and oxygen atoms in total. The Morgan fingerprint density at radius 2 is 2.00 bits per heavy atom. The van der Waals surface area contributed by atoms with Gasteiger partial charge in [0.15, 0.2) is 0 Å². The number of nitrogens with two attached hydrogens (primary N) is 1. The van der Waals surface area contributed by atoms with Crippen molar-refractivity contribution in [2.75, 3.05) is 0 Å². The van der Waals surface area contributed by atoms with Gasteiger partial charge in [0.25, 0.3) is 0 Å². The molecule has 1 aromatic heterocycles. The van der Waals surface area contributed by atoms with Crippen LogP contribution in [0.1, 0.15) is 26.5 Å². The van der Waals surface area contributed by atoms with Gasteiger partial charge in [-0.3, -0.25) is 4.79 Å². The van der Waals surface area contributed by atoms with E-state index in [-0.39, 0.29) is 6.42 Å². The minimum atomic E-state index is -1.11. The molecule has 7 heteroatoms. The predicted molar refractivity (Wildman–Crippen MR) is 80.7 cm³/mol. The molecule has 1 atom stereocenters. The van der Waals surface area contributed by atoms with Crippen LogP contribution in [0.3, 0.4) is 0 Å². The normalized spacial score (nSPS) is 13.1. The molecule has 0 aliphatic carbocycles. The van der Waals surface area contributed by atoms with E-state index < -0.39 is 23.7 Å². The summed E-state index contributed by atoms with van der Waals surface area (Å²) in [5.74, 6) is -1.11. The molecule has 2 rings (SSSR count). The van der Waals surface area contributed by atoms with Crippen LogP contribution >= 0.6 is 0 Å². The topological polar surface area (TPSA) is 107 Å². The van der Waals surface area contributed by atoms with Crippen LogP contribution < -0.4 is 5.73 Å². The number of nitrogens with zero attached hydrogens (tertiary/aromatic N) is 2. The molecule has 0 aliphatic heterocycles. The van der Waals surface area contributed by atoms with E-state index in [9.17, 15) is 9.59 Å². The highest BCUT2D eigenvalue weighted by Gasteiger charge is 2.23. The van der Waals surface area contributed by atoms with Crippen LogP contribution in [-0.2, 0) is 16.0 Å². The average molecular weight is 305 g/mol.